The number of allylic oxidation sites excluding steroid dienone is 1. The van der Waals surface area contributed by atoms with Gasteiger partial charge in [-0.05, 0) is 26.7 Å². The molecule has 0 aromatic carbocycles. The number of carbonyl (C=O) groups is 1. The molecule has 0 bridgehead atoms. The van der Waals surface area contributed by atoms with Crippen LogP contribution >= 0.6 is 0 Å². The maximum Gasteiger partial charge on any atom is 0.428 e. The molecule has 0 aromatic heterocycles. The summed E-state index contributed by atoms with van der Waals surface area (Å²) < 4.78 is 43.1. The van der Waals surface area contributed by atoms with E-state index >= 15 is 0 Å². The Balaban J connectivity index is 3.11. The van der Waals surface area contributed by atoms with Crippen LogP contribution in [0, 0.1) is 5.92 Å². The third-order valence-corrected chi connectivity index (χ3v) is 2.99. The Labute approximate surface area is 97.3 Å². The lowest BCUT2D eigenvalue weighted by Crippen LogP contribution is -2.58. The first kappa shape index (κ1) is 14.0. The van der Waals surface area contributed by atoms with Crippen molar-refractivity contribution in [3.05, 3.63) is 11.6 Å². The molecule has 17 heavy (non-hydrogen) atoms. The van der Waals surface area contributed by atoms with Crippen molar-refractivity contribution in [2.24, 2.45) is 5.92 Å². The first-order valence-corrected chi connectivity index (χ1v) is 5.38. The zero-order valence-corrected chi connectivity index (χ0v) is 9.67. The van der Waals surface area contributed by atoms with Gasteiger partial charge in [-0.15, -0.1) is 0 Å². The van der Waals surface area contributed by atoms with Gasteiger partial charge >= 0.3 is 12.1 Å². The van der Waals surface area contributed by atoms with Crippen molar-refractivity contribution >= 4 is 5.97 Å². The summed E-state index contributed by atoms with van der Waals surface area (Å²) in [6.07, 6.45) is -2.92. The van der Waals surface area contributed by atoms with Crippen molar-refractivity contribution in [2.75, 3.05) is 6.61 Å². The van der Waals surface area contributed by atoms with Crippen LogP contribution in [0.1, 0.15) is 26.7 Å². The fourth-order valence-corrected chi connectivity index (χ4v) is 2.08. The molecule has 0 saturated heterocycles. The van der Waals surface area contributed by atoms with E-state index in [1.807, 2.05) is 0 Å². The van der Waals surface area contributed by atoms with E-state index in [9.17, 15) is 23.1 Å². The number of rotatable bonds is 3. The van der Waals surface area contributed by atoms with Crippen molar-refractivity contribution < 1.29 is 27.8 Å². The molecule has 0 saturated carbocycles. The average molecular weight is 252 g/mol. The third kappa shape index (κ3) is 2.31. The molecule has 1 aliphatic rings. The van der Waals surface area contributed by atoms with Gasteiger partial charge in [-0.3, -0.25) is 0 Å². The summed E-state index contributed by atoms with van der Waals surface area (Å²) in [7, 11) is 0. The van der Waals surface area contributed by atoms with Gasteiger partial charge < -0.3 is 9.84 Å². The van der Waals surface area contributed by atoms with Crippen molar-refractivity contribution in [1.29, 1.82) is 0 Å². The van der Waals surface area contributed by atoms with E-state index in [2.05, 4.69) is 4.74 Å². The summed E-state index contributed by atoms with van der Waals surface area (Å²) in [4.78, 5) is 11.4. The van der Waals surface area contributed by atoms with Gasteiger partial charge in [0.05, 0.1) is 6.61 Å². The Bertz CT molecular complexity index is 335. The van der Waals surface area contributed by atoms with Crippen LogP contribution in [0.15, 0.2) is 11.6 Å². The summed E-state index contributed by atoms with van der Waals surface area (Å²) >= 11 is 0. The normalized spacial score (nSPS) is 24.1. The van der Waals surface area contributed by atoms with E-state index in [1.54, 1.807) is 6.08 Å². The topological polar surface area (TPSA) is 46.5 Å². The lowest BCUT2D eigenvalue weighted by Gasteiger charge is -2.34. The zero-order chi connectivity index (χ0) is 13.3. The number of hydrogen-bond acceptors (Lipinski definition) is 3. The Kier molecular flexibility index (Phi) is 3.86. The predicted octanol–water partition coefficient (Wildman–Crippen LogP) is 2.20. The standard InChI is InChI=1S/C11H15F3O3/c1-3-17-9(15)10(16,11(12,13)14)8-6-4-5-7(8)2/h5,8,16H,3-4,6H2,1-2H3/t8-,10+/m1/s1. The molecule has 0 radical (unpaired) electrons. The highest BCUT2D eigenvalue weighted by molar-refractivity contribution is 5.81. The minimum Gasteiger partial charge on any atom is -0.464 e. The highest BCUT2D eigenvalue weighted by Crippen LogP contribution is 2.44. The molecular weight excluding hydrogens is 237 g/mol. The molecule has 0 aliphatic heterocycles. The van der Waals surface area contributed by atoms with Crippen LogP contribution in [-0.4, -0.2) is 29.5 Å². The number of aliphatic hydroxyl groups is 1. The van der Waals surface area contributed by atoms with Crippen molar-refractivity contribution in [2.45, 2.75) is 38.5 Å². The van der Waals surface area contributed by atoms with E-state index in [-0.39, 0.29) is 13.0 Å². The molecule has 0 aromatic rings. The average Bonchev–Trinajstić information content (AvgIpc) is 2.62. The predicted molar refractivity (Wildman–Crippen MR) is 54.1 cm³/mol. The smallest absolute Gasteiger partial charge is 0.428 e. The first-order chi connectivity index (χ1) is 7.75. The molecule has 3 nitrogen and oxygen atoms in total. The van der Waals surface area contributed by atoms with Crippen LogP contribution in [-0.2, 0) is 9.53 Å². The summed E-state index contributed by atoms with van der Waals surface area (Å²) in [5.41, 5.74) is -3.06. The monoisotopic (exact) mass is 252 g/mol. The Morgan fingerprint density at radius 1 is 1.59 bits per heavy atom. The first-order valence-electron chi connectivity index (χ1n) is 5.38. The van der Waals surface area contributed by atoms with E-state index in [4.69, 9.17) is 0 Å². The highest BCUT2D eigenvalue weighted by atomic mass is 19.4. The molecule has 0 heterocycles. The molecular formula is C11H15F3O3. The lowest BCUT2D eigenvalue weighted by atomic mass is 9.82. The van der Waals surface area contributed by atoms with Gasteiger partial charge in [0.15, 0.2) is 0 Å². The number of ether oxygens (including phenoxy) is 1. The second-order valence-electron chi connectivity index (χ2n) is 4.06. The Morgan fingerprint density at radius 3 is 2.53 bits per heavy atom. The van der Waals surface area contributed by atoms with Crippen LogP contribution in [0.4, 0.5) is 13.2 Å². The molecule has 1 N–H and O–H groups in total. The summed E-state index contributed by atoms with van der Waals surface area (Å²) in [5.74, 6) is -2.87. The van der Waals surface area contributed by atoms with Crippen LogP contribution < -0.4 is 0 Å². The molecule has 98 valence electrons. The fraction of sp³-hybridized carbons (Fsp3) is 0.727. The SMILES string of the molecule is CCOC(=O)[C@@](O)([C@@H]1CCC=C1C)C(F)(F)F. The van der Waals surface area contributed by atoms with Gasteiger partial charge in [0.1, 0.15) is 0 Å². The Morgan fingerprint density at radius 2 is 2.18 bits per heavy atom. The van der Waals surface area contributed by atoms with Crippen molar-refractivity contribution in [3.63, 3.8) is 0 Å². The quantitative estimate of drug-likeness (QED) is 0.618. The molecule has 0 amide bonds. The second-order valence-corrected chi connectivity index (χ2v) is 4.06. The minimum absolute atomic E-state index is 0.0979. The van der Waals surface area contributed by atoms with Gasteiger partial charge in [-0.2, -0.15) is 13.2 Å². The van der Waals surface area contributed by atoms with E-state index < -0.39 is 23.7 Å². The number of carbonyl (C=O) groups excluding carboxylic acids is 1. The summed E-state index contributed by atoms with van der Waals surface area (Å²) in [5, 5.41) is 9.78. The van der Waals surface area contributed by atoms with E-state index in [0.717, 1.165) is 0 Å². The van der Waals surface area contributed by atoms with Crippen LogP contribution in [0.2, 0.25) is 0 Å². The lowest BCUT2D eigenvalue weighted by molar-refractivity contribution is -0.274. The maximum atomic E-state index is 12.9. The van der Waals surface area contributed by atoms with Crippen LogP contribution in [0.25, 0.3) is 0 Å². The molecule has 0 fully saturated rings. The number of esters is 1. The Hall–Kier alpha value is -1.04. The summed E-state index contributed by atoms with van der Waals surface area (Å²) in [6, 6.07) is 0. The number of halogens is 3. The van der Waals surface area contributed by atoms with Gasteiger partial charge in [0.25, 0.3) is 5.60 Å². The number of alkyl halides is 3. The second kappa shape index (κ2) is 4.68. The fourth-order valence-electron chi connectivity index (χ4n) is 2.08. The molecule has 1 aliphatic carbocycles. The van der Waals surface area contributed by atoms with Gasteiger partial charge in [0, 0.05) is 5.92 Å². The largest absolute Gasteiger partial charge is 0.464 e. The summed E-state index contributed by atoms with van der Waals surface area (Å²) in [6.45, 7) is 2.67. The van der Waals surface area contributed by atoms with Crippen LogP contribution in [0.5, 0.6) is 0 Å². The molecule has 6 heteroatoms. The van der Waals surface area contributed by atoms with Crippen LogP contribution in [0.3, 0.4) is 0 Å². The van der Waals surface area contributed by atoms with Gasteiger partial charge in [-0.25, -0.2) is 4.79 Å². The molecule has 0 spiro atoms. The van der Waals surface area contributed by atoms with Crippen molar-refractivity contribution in [3.8, 4) is 0 Å². The molecule has 0 unspecified atom stereocenters. The van der Waals surface area contributed by atoms with E-state index in [0.29, 0.717) is 12.0 Å². The minimum atomic E-state index is -5.04. The van der Waals surface area contributed by atoms with E-state index in [1.165, 1.54) is 13.8 Å². The number of hydrogen-bond donors (Lipinski definition) is 1. The third-order valence-electron chi connectivity index (χ3n) is 2.99. The van der Waals surface area contributed by atoms with Crippen molar-refractivity contribution in [1.82, 2.24) is 0 Å². The van der Waals surface area contributed by atoms with Gasteiger partial charge in [-0.1, -0.05) is 11.6 Å². The zero-order valence-electron chi connectivity index (χ0n) is 9.67. The molecule has 2 atom stereocenters. The molecule has 1 rings (SSSR count). The maximum absolute atomic E-state index is 12.9. The highest BCUT2D eigenvalue weighted by Gasteiger charge is 2.65. The van der Waals surface area contributed by atoms with Gasteiger partial charge in [0.2, 0.25) is 0 Å².